The van der Waals surface area contributed by atoms with E-state index in [0.717, 1.165) is 29.2 Å². The van der Waals surface area contributed by atoms with E-state index in [9.17, 15) is 0 Å². The van der Waals surface area contributed by atoms with E-state index in [1.807, 2.05) is 25.1 Å². The minimum absolute atomic E-state index is 0.0465. The lowest BCUT2D eigenvalue weighted by Crippen LogP contribution is -2.09. The zero-order valence-corrected chi connectivity index (χ0v) is 9.38. The van der Waals surface area contributed by atoms with E-state index in [1.165, 1.54) is 0 Å². The predicted molar refractivity (Wildman–Crippen MR) is 60.9 cm³/mol. The maximum Gasteiger partial charge on any atom is 0.0676 e. The highest BCUT2D eigenvalue weighted by atomic mass is 35.5. The molecule has 1 aliphatic heterocycles. The molecule has 1 aromatic carbocycles. The second-order valence-corrected chi connectivity index (χ2v) is 4.43. The van der Waals surface area contributed by atoms with Crippen molar-refractivity contribution in [1.82, 2.24) is 5.32 Å². The molecule has 1 saturated heterocycles. The lowest BCUT2D eigenvalue weighted by atomic mass is 9.89. The molecule has 15 heavy (non-hydrogen) atoms. The van der Waals surface area contributed by atoms with Crippen LogP contribution in [0.4, 0.5) is 0 Å². The summed E-state index contributed by atoms with van der Waals surface area (Å²) in [5.74, 6) is 0.285. The Hall–Kier alpha value is -1.04. The number of hydrogen-bond acceptors (Lipinski definition) is 2. The first-order valence-corrected chi connectivity index (χ1v) is 5.46. The van der Waals surface area contributed by atoms with Crippen molar-refractivity contribution in [2.45, 2.75) is 12.8 Å². The van der Waals surface area contributed by atoms with Crippen LogP contribution in [0.5, 0.6) is 0 Å². The van der Waals surface area contributed by atoms with Crippen LogP contribution in [0.1, 0.15) is 17.0 Å². The summed E-state index contributed by atoms with van der Waals surface area (Å²) in [7, 11) is 0. The van der Waals surface area contributed by atoms with Gasteiger partial charge in [-0.2, -0.15) is 5.26 Å². The molecular weight excluding hydrogens is 208 g/mol. The van der Waals surface area contributed by atoms with Crippen molar-refractivity contribution in [3.63, 3.8) is 0 Å². The van der Waals surface area contributed by atoms with Gasteiger partial charge in [0.25, 0.3) is 0 Å². The molecule has 2 atom stereocenters. The van der Waals surface area contributed by atoms with E-state index in [2.05, 4.69) is 11.4 Å². The second-order valence-electron chi connectivity index (χ2n) is 4.03. The fraction of sp³-hybridized carbons (Fsp3) is 0.417. The Balaban J connectivity index is 2.33. The molecule has 0 radical (unpaired) electrons. The smallest absolute Gasteiger partial charge is 0.0676 e. The van der Waals surface area contributed by atoms with Gasteiger partial charge in [0, 0.05) is 24.0 Å². The van der Waals surface area contributed by atoms with Crippen molar-refractivity contribution in [3.05, 3.63) is 34.3 Å². The third kappa shape index (κ3) is 1.99. The molecule has 0 unspecified atom stereocenters. The van der Waals surface area contributed by atoms with Gasteiger partial charge in [-0.25, -0.2) is 0 Å². The molecule has 3 heteroatoms. The van der Waals surface area contributed by atoms with Crippen LogP contribution in [-0.2, 0) is 0 Å². The predicted octanol–water partition coefficient (Wildman–Crippen LogP) is 2.48. The van der Waals surface area contributed by atoms with Gasteiger partial charge in [-0.3, -0.25) is 0 Å². The summed E-state index contributed by atoms with van der Waals surface area (Å²) in [6.45, 7) is 3.64. The summed E-state index contributed by atoms with van der Waals surface area (Å²) >= 11 is 6.19. The van der Waals surface area contributed by atoms with Crippen LogP contribution in [0.2, 0.25) is 5.02 Å². The Bertz CT molecular complexity index is 409. The molecule has 1 fully saturated rings. The monoisotopic (exact) mass is 220 g/mol. The van der Waals surface area contributed by atoms with Gasteiger partial charge in [-0.1, -0.05) is 23.7 Å². The quantitative estimate of drug-likeness (QED) is 0.789. The fourth-order valence-corrected chi connectivity index (χ4v) is 2.45. The summed E-state index contributed by atoms with van der Waals surface area (Å²) < 4.78 is 0. The molecule has 2 rings (SSSR count). The van der Waals surface area contributed by atoms with E-state index < -0.39 is 0 Å². The Morgan fingerprint density at radius 3 is 2.93 bits per heavy atom. The summed E-state index contributed by atoms with van der Waals surface area (Å²) in [5, 5.41) is 13.0. The first kappa shape index (κ1) is 10.5. The van der Waals surface area contributed by atoms with Gasteiger partial charge >= 0.3 is 0 Å². The molecule has 0 aliphatic carbocycles. The summed E-state index contributed by atoms with van der Waals surface area (Å²) in [5.41, 5.74) is 2.25. The molecule has 1 heterocycles. The maximum atomic E-state index is 9.01. The zero-order valence-electron chi connectivity index (χ0n) is 8.63. The summed E-state index contributed by atoms with van der Waals surface area (Å²) in [6.07, 6.45) is 0. The number of halogens is 1. The number of rotatable bonds is 1. The molecule has 1 aliphatic rings. The van der Waals surface area contributed by atoms with Gasteiger partial charge in [-0.15, -0.1) is 0 Å². The number of nitrogens with zero attached hydrogens (tertiary/aromatic N) is 1. The van der Waals surface area contributed by atoms with Crippen molar-refractivity contribution in [2.75, 3.05) is 13.1 Å². The van der Waals surface area contributed by atoms with Gasteiger partial charge < -0.3 is 5.32 Å². The van der Waals surface area contributed by atoms with Crippen LogP contribution in [-0.4, -0.2) is 13.1 Å². The number of benzene rings is 1. The molecule has 2 nitrogen and oxygen atoms in total. The van der Waals surface area contributed by atoms with Crippen LogP contribution in [0.3, 0.4) is 0 Å². The van der Waals surface area contributed by atoms with Crippen molar-refractivity contribution >= 4 is 11.6 Å². The van der Waals surface area contributed by atoms with E-state index in [4.69, 9.17) is 16.9 Å². The number of nitrogens with one attached hydrogen (secondary N) is 1. The van der Waals surface area contributed by atoms with Crippen LogP contribution < -0.4 is 5.32 Å². The fourth-order valence-electron chi connectivity index (χ4n) is 2.07. The third-order valence-electron chi connectivity index (χ3n) is 2.94. The van der Waals surface area contributed by atoms with E-state index in [-0.39, 0.29) is 11.8 Å². The molecular formula is C12H13ClN2. The minimum atomic E-state index is 0.0465. The van der Waals surface area contributed by atoms with Gasteiger partial charge in [-0.05, 0) is 24.1 Å². The van der Waals surface area contributed by atoms with Crippen LogP contribution in [0.15, 0.2) is 18.2 Å². The molecule has 0 saturated carbocycles. The Morgan fingerprint density at radius 2 is 2.27 bits per heavy atom. The van der Waals surface area contributed by atoms with Crippen LogP contribution in [0.25, 0.3) is 0 Å². The average molecular weight is 221 g/mol. The largest absolute Gasteiger partial charge is 0.315 e. The molecule has 0 amide bonds. The average Bonchev–Trinajstić information content (AvgIpc) is 2.65. The van der Waals surface area contributed by atoms with Gasteiger partial charge in [0.1, 0.15) is 0 Å². The van der Waals surface area contributed by atoms with Crippen molar-refractivity contribution in [2.24, 2.45) is 5.92 Å². The second kappa shape index (κ2) is 4.22. The van der Waals surface area contributed by atoms with Crippen molar-refractivity contribution < 1.29 is 0 Å². The first-order valence-electron chi connectivity index (χ1n) is 5.08. The molecule has 1 N–H and O–H groups in total. The molecule has 0 bridgehead atoms. The summed E-state index contributed by atoms with van der Waals surface area (Å²) in [6, 6.07) is 8.39. The minimum Gasteiger partial charge on any atom is -0.315 e. The van der Waals surface area contributed by atoms with E-state index in [0.29, 0.717) is 0 Å². The molecule has 0 spiro atoms. The van der Waals surface area contributed by atoms with Crippen LogP contribution in [0, 0.1) is 24.2 Å². The van der Waals surface area contributed by atoms with E-state index in [1.54, 1.807) is 0 Å². The Kier molecular flexibility index (Phi) is 2.95. The lowest BCUT2D eigenvalue weighted by Gasteiger charge is -2.14. The first-order chi connectivity index (χ1) is 7.22. The van der Waals surface area contributed by atoms with Gasteiger partial charge in [0.2, 0.25) is 0 Å². The lowest BCUT2D eigenvalue weighted by molar-refractivity contribution is 0.646. The van der Waals surface area contributed by atoms with Gasteiger partial charge in [0.15, 0.2) is 0 Å². The number of hydrogen-bond donors (Lipinski definition) is 1. The Labute approximate surface area is 94.9 Å². The molecule has 1 aromatic rings. The number of aryl methyl sites for hydroxylation is 1. The van der Waals surface area contributed by atoms with Gasteiger partial charge in [0.05, 0.1) is 12.0 Å². The van der Waals surface area contributed by atoms with Crippen LogP contribution >= 0.6 is 11.6 Å². The number of nitriles is 1. The summed E-state index contributed by atoms with van der Waals surface area (Å²) in [4.78, 5) is 0. The van der Waals surface area contributed by atoms with Crippen molar-refractivity contribution in [3.8, 4) is 6.07 Å². The third-order valence-corrected chi connectivity index (χ3v) is 3.26. The standard InChI is InChI=1S/C12H13ClN2/c1-8-2-3-10(12(13)4-8)11-7-15-6-9(11)5-14/h2-4,9,11,15H,6-7H2,1H3/t9-,11-/m0/s1. The molecule has 78 valence electrons. The van der Waals surface area contributed by atoms with Crippen molar-refractivity contribution in [1.29, 1.82) is 5.26 Å². The Morgan fingerprint density at radius 1 is 1.47 bits per heavy atom. The SMILES string of the molecule is Cc1ccc([C@H]2CNC[C@@H]2C#N)c(Cl)c1. The highest BCUT2D eigenvalue weighted by Crippen LogP contribution is 2.32. The topological polar surface area (TPSA) is 35.8 Å². The normalized spacial score (nSPS) is 25.1. The highest BCUT2D eigenvalue weighted by molar-refractivity contribution is 6.31. The van der Waals surface area contributed by atoms with E-state index >= 15 is 0 Å². The zero-order chi connectivity index (χ0) is 10.8. The molecule has 0 aromatic heterocycles. The highest BCUT2D eigenvalue weighted by Gasteiger charge is 2.29. The maximum absolute atomic E-state index is 9.01.